The summed E-state index contributed by atoms with van der Waals surface area (Å²) >= 11 is 5.46. The van der Waals surface area contributed by atoms with Gasteiger partial charge in [0.15, 0.2) is 16.7 Å². The van der Waals surface area contributed by atoms with Crippen LogP contribution in [0.25, 0.3) is 10.9 Å². The van der Waals surface area contributed by atoms with Gasteiger partial charge in [0.2, 0.25) is 11.8 Å². The Morgan fingerprint density at radius 2 is 1.74 bits per heavy atom. The van der Waals surface area contributed by atoms with Crippen LogP contribution in [0.3, 0.4) is 0 Å². The summed E-state index contributed by atoms with van der Waals surface area (Å²) in [5, 5.41) is 2.98. The lowest BCUT2D eigenvalue weighted by molar-refractivity contribution is -0.127. The molecule has 0 aliphatic rings. The summed E-state index contributed by atoms with van der Waals surface area (Å²) in [4.78, 5) is 44.1. The molecule has 0 atom stereocenters. The predicted octanol–water partition coefficient (Wildman–Crippen LogP) is 3.81. The number of nitrogens with one attached hydrogen (secondary N) is 1. The number of thiocarbonyl (C=S) groups is 1. The van der Waals surface area contributed by atoms with Crippen molar-refractivity contribution in [1.82, 2.24) is 15.2 Å². The van der Waals surface area contributed by atoms with Gasteiger partial charge in [0.25, 0.3) is 5.91 Å². The molecule has 3 amide bonds. The zero-order valence-electron chi connectivity index (χ0n) is 23.1. The van der Waals surface area contributed by atoms with E-state index in [0.717, 1.165) is 11.6 Å². The molecule has 0 saturated heterocycles. The highest BCUT2D eigenvalue weighted by Crippen LogP contribution is 2.35. The van der Waals surface area contributed by atoms with Crippen molar-refractivity contribution in [3.05, 3.63) is 89.9 Å². The van der Waals surface area contributed by atoms with Gasteiger partial charge in [-0.2, -0.15) is 0 Å². The van der Waals surface area contributed by atoms with Crippen LogP contribution in [-0.4, -0.2) is 60.5 Å². The van der Waals surface area contributed by atoms with Gasteiger partial charge < -0.3 is 30.3 Å². The highest BCUT2D eigenvalue weighted by Gasteiger charge is 2.22. The van der Waals surface area contributed by atoms with E-state index in [9.17, 15) is 14.4 Å². The molecule has 1 aromatic heterocycles. The first-order chi connectivity index (χ1) is 20.1. The number of hydrogen-bond acceptors (Lipinski definition) is 7. The summed E-state index contributed by atoms with van der Waals surface area (Å²) in [6.07, 6.45) is 1.54. The minimum atomic E-state index is -0.762. The van der Waals surface area contributed by atoms with E-state index in [0.29, 0.717) is 10.9 Å². The van der Waals surface area contributed by atoms with Crippen LogP contribution in [0.2, 0.25) is 0 Å². The fourth-order valence-electron chi connectivity index (χ4n) is 4.03. The van der Waals surface area contributed by atoms with Crippen LogP contribution in [0, 0.1) is 5.82 Å². The number of nitrogens with two attached hydrogens (primary N) is 1. The Balaban J connectivity index is 1.61. The molecule has 216 valence electrons. The fraction of sp³-hybridized carbons (Fsp3) is 0.167. The predicted molar refractivity (Wildman–Crippen MR) is 160 cm³/mol. The lowest BCUT2D eigenvalue weighted by atomic mass is 10.1. The number of pyridine rings is 1. The Hall–Kier alpha value is -5.10. The molecule has 42 heavy (non-hydrogen) atoms. The van der Waals surface area contributed by atoms with E-state index in [-0.39, 0.29) is 58.4 Å². The molecule has 4 aromatic rings. The lowest BCUT2D eigenvalue weighted by Gasteiger charge is -2.26. The molecular weight excluding hydrogens is 561 g/mol. The number of methoxy groups -OCH3 is 1. The molecule has 1 heterocycles. The largest absolute Gasteiger partial charge is 0.496 e. The molecule has 10 nitrogen and oxygen atoms in total. The van der Waals surface area contributed by atoms with Crippen LogP contribution in [-0.2, 0) is 16.0 Å². The zero-order chi connectivity index (χ0) is 30.4. The quantitative estimate of drug-likeness (QED) is 0.282. The van der Waals surface area contributed by atoms with E-state index in [1.807, 2.05) is 18.2 Å². The van der Waals surface area contributed by atoms with Crippen molar-refractivity contribution in [1.29, 1.82) is 0 Å². The average Bonchev–Trinajstić information content (AvgIpc) is 2.96. The summed E-state index contributed by atoms with van der Waals surface area (Å²) in [6.45, 7) is -0.246. The number of nitrogens with zero attached hydrogens (tertiary/aromatic N) is 3. The monoisotopic (exact) mass is 589 g/mol. The summed E-state index contributed by atoms with van der Waals surface area (Å²) in [5.74, 6) is -1.85. The Labute approximate surface area is 246 Å². The number of anilines is 1. The van der Waals surface area contributed by atoms with Crippen LogP contribution >= 0.6 is 12.2 Å². The number of hydrogen-bond donors (Lipinski definition) is 2. The molecule has 0 aliphatic heterocycles. The molecule has 0 saturated carbocycles. The molecule has 0 aliphatic carbocycles. The second kappa shape index (κ2) is 13.0. The van der Waals surface area contributed by atoms with Crippen molar-refractivity contribution in [3.8, 4) is 17.2 Å². The highest BCUT2D eigenvalue weighted by molar-refractivity contribution is 7.80. The topological polar surface area (TPSA) is 127 Å². The van der Waals surface area contributed by atoms with Gasteiger partial charge >= 0.3 is 0 Å². The molecule has 3 aromatic carbocycles. The number of ether oxygens (including phenoxy) is 2. The van der Waals surface area contributed by atoms with E-state index in [1.54, 1.807) is 26.2 Å². The molecule has 0 fully saturated rings. The van der Waals surface area contributed by atoms with Gasteiger partial charge in [0.05, 0.1) is 24.6 Å². The van der Waals surface area contributed by atoms with Gasteiger partial charge in [0, 0.05) is 43.5 Å². The third-order valence-corrected chi connectivity index (χ3v) is 6.55. The fourth-order valence-corrected chi connectivity index (χ4v) is 4.31. The first-order valence-corrected chi connectivity index (χ1v) is 13.1. The Kier molecular flexibility index (Phi) is 9.28. The first kappa shape index (κ1) is 29.9. The van der Waals surface area contributed by atoms with E-state index < -0.39 is 11.7 Å². The van der Waals surface area contributed by atoms with Crippen LogP contribution in [0.15, 0.2) is 72.9 Å². The molecule has 12 heteroatoms. The number of primary amides is 1. The summed E-state index contributed by atoms with van der Waals surface area (Å²) in [7, 11) is 4.56. The van der Waals surface area contributed by atoms with E-state index >= 15 is 4.39 Å². The Morgan fingerprint density at radius 1 is 1.00 bits per heavy atom. The molecule has 4 rings (SSSR count). The third-order valence-electron chi connectivity index (χ3n) is 6.23. The van der Waals surface area contributed by atoms with E-state index in [4.69, 9.17) is 27.4 Å². The summed E-state index contributed by atoms with van der Waals surface area (Å²) < 4.78 is 26.5. The standard InChI is InChI=1S/C30H28FN5O5S/c1-35(2)28(38)17-36(30(42)34-27(37)13-18-7-5-4-6-8-18)19-9-10-25(22(31)14-19)41-24-11-12-33-23-16-26(40-3)21(29(32)39)15-20(23)24/h4-12,14-16H,13,17H2,1-3H3,(H2,32,39)(H,34,37,42). The number of carbonyl (C=O) groups is 3. The molecule has 0 radical (unpaired) electrons. The Bertz CT molecular complexity index is 1670. The number of benzene rings is 3. The minimum Gasteiger partial charge on any atom is -0.496 e. The maximum absolute atomic E-state index is 15.4. The van der Waals surface area contributed by atoms with Crippen LogP contribution in [0.1, 0.15) is 15.9 Å². The SMILES string of the molecule is COc1cc2nccc(Oc3ccc(N(CC(=O)N(C)C)C(=S)NC(=O)Cc4ccccc4)cc3F)c2cc1C(N)=O. The third kappa shape index (κ3) is 6.96. The van der Waals surface area contributed by atoms with Crippen molar-refractivity contribution in [2.45, 2.75) is 6.42 Å². The van der Waals surface area contributed by atoms with Gasteiger partial charge in [-0.25, -0.2) is 4.39 Å². The average molecular weight is 590 g/mol. The van der Waals surface area contributed by atoms with Gasteiger partial charge in [-0.15, -0.1) is 0 Å². The number of fused-ring (bicyclic) bond motifs is 1. The second-order valence-electron chi connectivity index (χ2n) is 9.35. The molecule has 3 N–H and O–H groups in total. The smallest absolute Gasteiger partial charge is 0.252 e. The van der Waals surface area contributed by atoms with Crippen molar-refractivity contribution < 1.29 is 28.2 Å². The molecule has 0 bridgehead atoms. The van der Waals surface area contributed by atoms with Crippen molar-refractivity contribution >= 4 is 51.6 Å². The maximum atomic E-state index is 15.4. The molecular formula is C30H28FN5O5S. The van der Waals surface area contributed by atoms with Crippen molar-refractivity contribution in [2.75, 3.05) is 32.6 Å². The van der Waals surface area contributed by atoms with Crippen LogP contribution < -0.4 is 25.4 Å². The number of rotatable bonds is 9. The minimum absolute atomic E-state index is 0.0627. The zero-order valence-corrected chi connectivity index (χ0v) is 23.9. The maximum Gasteiger partial charge on any atom is 0.252 e. The van der Waals surface area contributed by atoms with Gasteiger partial charge in [-0.3, -0.25) is 19.4 Å². The van der Waals surface area contributed by atoms with Gasteiger partial charge in [-0.1, -0.05) is 30.3 Å². The molecule has 0 unspecified atom stereocenters. The summed E-state index contributed by atoms with van der Waals surface area (Å²) in [6, 6.07) is 17.6. The second-order valence-corrected chi connectivity index (χ2v) is 9.74. The van der Waals surface area contributed by atoms with Crippen LogP contribution in [0.5, 0.6) is 17.2 Å². The lowest BCUT2D eigenvalue weighted by Crippen LogP contribution is -2.47. The van der Waals surface area contributed by atoms with Crippen LogP contribution in [0.4, 0.5) is 10.1 Å². The Morgan fingerprint density at radius 3 is 2.38 bits per heavy atom. The number of aromatic nitrogens is 1. The number of halogens is 1. The molecule has 0 spiro atoms. The highest BCUT2D eigenvalue weighted by atomic mass is 32.1. The normalized spacial score (nSPS) is 10.6. The first-order valence-electron chi connectivity index (χ1n) is 12.7. The number of likely N-dealkylation sites (N-methyl/N-ethyl adjacent to an activating group) is 1. The van der Waals surface area contributed by atoms with Gasteiger partial charge in [-0.05, 0) is 42.0 Å². The van der Waals surface area contributed by atoms with Gasteiger partial charge in [0.1, 0.15) is 18.0 Å². The van der Waals surface area contributed by atoms with Crippen molar-refractivity contribution in [3.63, 3.8) is 0 Å². The van der Waals surface area contributed by atoms with E-state index in [2.05, 4.69) is 10.3 Å². The number of amides is 3. The van der Waals surface area contributed by atoms with Crippen molar-refractivity contribution in [2.24, 2.45) is 5.73 Å². The number of carbonyl (C=O) groups excluding carboxylic acids is 3. The van der Waals surface area contributed by atoms with E-state index in [1.165, 1.54) is 53.4 Å². The summed E-state index contributed by atoms with van der Waals surface area (Å²) in [5.41, 5.74) is 7.05.